The lowest BCUT2D eigenvalue weighted by molar-refractivity contribution is 0.101. The van der Waals surface area contributed by atoms with Crippen LogP contribution in [0, 0.1) is 0 Å². The van der Waals surface area contributed by atoms with E-state index in [1.54, 1.807) is 0 Å². The first-order chi connectivity index (χ1) is 8.40. The van der Waals surface area contributed by atoms with Crippen LogP contribution in [-0.4, -0.2) is 25.7 Å². The van der Waals surface area contributed by atoms with E-state index < -0.39 is 22.2 Å². The first-order valence-corrected chi connectivity index (χ1v) is 8.61. The minimum Gasteiger partial charge on any atom is -0.391 e. The van der Waals surface area contributed by atoms with Crippen LogP contribution in [0.4, 0.5) is 0 Å². The molecule has 1 fully saturated rings. The molecule has 2 N–H and O–H groups in total. The molecule has 1 saturated carbocycles. The minimum atomic E-state index is -3.72. The standard InChI is InChI=1S/C10H13Cl2NO3S2/c11-9-5-8(10(12)17-9)18(15,16)13-6-3-1-2-4-7(6)14/h5-7,13-14H,1-4H2/t6-,7-/m1/s1. The van der Waals surface area contributed by atoms with Crippen molar-refractivity contribution in [2.45, 2.75) is 42.7 Å². The van der Waals surface area contributed by atoms with Gasteiger partial charge in [0.05, 0.1) is 10.4 Å². The molecular formula is C10H13Cl2NO3S2. The molecule has 4 nitrogen and oxygen atoms in total. The van der Waals surface area contributed by atoms with Crippen LogP contribution in [0.25, 0.3) is 0 Å². The van der Waals surface area contributed by atoms with Crippen LogP contribution in [0.1, 0.15) is 25.7 Å². The van der Waals surface area contributed by atoms with Crippen LogP contribution in [0.3, 0.4) is 0 Å². The summed E-state index contributed by atoms with van der Waals surface area (Å²) in [5, 5.41) is 9.77. The van der Waals surface area contributed by atoms with Crippen LogP contribution in [0.5, 0.6) is 0 Å². The van der Waals surface area contributed by atoms with Gasteiger partial charge in [0, 0.05) is 6.04 Å². The monoisotopic (exact) mass is 329 g/mol. The molecule has 1 aromatic heterocycles. The zero-order valence-corrected chi connectivity index (χ0v) is 12.5. The molecular weight excluding hydrogens is 317 g/mol. The highest BCUT2D eigenvalue weighted by Crippen LogP contribution is 2.34. The fourth-order valence-electron chi connectivity index (χ4n) is 2.02. The van der Waals surface area contributed by atoms with Crippen molar-refractivity contribution in [1.29, 1.82) is 0 Å². The van der Waals surface area contributed by atoms with Gasteiger partial charge in [-0.2, -0.15) is 0 Å². The molecule has 0 saturated heterocycles. The molecule has 1 aliphatic carbocycles. The van der Waals surface area contributed by atoms with Gasteiger partial charge in [-0.1, -0.05) is 36.0 Å². The van der Waals surface area contributed by atoms with Gasteiger partial charge in [0.15, 0.2) is 0 Å². The third kappa shape index (κ3) is 3.18. The van der Waals surface area contributed by atoms with Crippen molar-refractivity contribution in [1.82, 2.24) is 4.72 Å². The summed E-state index contributed by atoms with van der Waals surface area (Å²) in [6.45, 7) is 0. The third-order valence-electron chi connectivity index (χ3n) is 2.95. The second kappa shape index (κ2) is 5.64. The van der Waals surface area contributed by atoms with E-state index in [1.165, 1.54) is 6.07 Å². The Balaban J connectivity index is 2.19. The zero-order chi connectivity index (χ0) is 13.3. The predicted octanol–water partition coefficient (Wildman–Crippen LogP) is 2.64. The van der Waals surface area contributed by atoms with E-state index >= 15 is 0 Å². The lowest BCUT2D eigenvalue weighted by Crippen LogP contribution is -2.44. The van der Waals surface area contributed by atoms with Gasteiger partial charge < -0.3 is 5.11 Å². The van der Waals surface area contributed by atoms with Crippen molar-refractivity contribution in [2.75, 3.05) is 0 Å². The molecule has 18 heavy (non-hydrogen) atoms. The van der Waals surface area contributed by atoms with Crippen LogP contribution in [-0.2, 0) is 10.0 Å². The van der Waals surface area contributed by atoms with Gasteiger partial charge >= 0.3 is 0 Å². The molecule has 1 heterocycles. The molecule has 2 rings (SSSR count). The number of hydrogen-bond acceptors (Lipinski definition) is 4. The first-order valence-electron chi connectivity index (χ1n) is 5.55. The Kier molecular flexibility index (Phi) is 4.57. The maximum Gasteiger partial charge on any atom is 0.243 e. The molecule has 0 spiro atoms. The molecule has 0 aromatic carbocycles. The topological polar surface area (TPSA) is 66.4 Å². The van der Waals surface area contributed by atoms with E-state index in [-0.39, 0.29) is 9.23 Å². The number of hydrogen-bond donors (Lipinski definition) is 2. The number of halogens is 2. The van der Waals surface area contributed by atoms with E-state index in [2.05, 4.69) is 4.72 Å². The SMILES string of the molecule is O=S(=O)(N[C@@H]1CCCC[C@H]1O)c1cc(Cl)sc1Cl. The molecule has 1 aliphatic rings. The summed E-state index contributed by atoms with van der Waals surface area (Å²) in [6, 6.07) is 0.880. The Bertz CT molecular complexity index is 529. The van der Waals surface area contributed by atoms with Crippen molar-refractivity contribution >= 4 is 44.6 Å². The Morgan fingerprint density at radius 1 is 1.33 bits per heavy atom. The smallest absolute Gasteiger partial charge is 0.243 e. The van der Waals surface area contributed by atoms with E-state index in [1.807, 2.05) is 0 Å². The van der Waals surface area contributed by atoms with Gasteiger partial charge in [0.1, 0.15) is 9.23 Å². The maximum atomic E-state index is 12.1. The normalized spacial score (nSPS) is 25.3. The quantitative estimate of drug-likeness (QED) is 0.895. The summed E-state index contributed by atoms with van der Waals surface area (Å²) in [5.74, 6) is 0. The molecule has 102 valence electrons. The van der Waals surface area contributed by atoms with Crippen molar-refractivity contribution in [3.05, 3.63) is 14.7 Å². The second-order valence-corrected chi connectivity index (χ2v) is 8.24. The number of sulfonamides is 1. The number of thiophene rings is 1. The van der Waals surface area contributed by atoms with Crippen molar-refractivity contribution in [3.8, 4) is 0 Å². The largest absolute Gasteiger partial charge is 0.391 e. The van der Waals surface area contributed by atoms with Crippen molar-refractivity contribution in [2.24, 2.45) is 0 Å². The van der Waals surface area contributed by atoms with Gasteiger partial charge in [0.25, 0.3) is 0 Å². The second-order valence-electron chi connectivity index (χ2n) is 4.27. The van der Waals surface area contributed by atoms with E-state index in [4.69, 9.17) is 23.2 Å². The van der Waals surface area contributed by atoms with Gasteiger partial charge in [-0.3, -0.25) is 0 Å². The van der Waals surface area contributed by atoms with Crippen molar-refractivity contribution < 1.29 is 13.5 Å². The number of aliphatic hydroxyl groups is 1. The minimum absolute atomic E-state index is 0.0167. The van der Waals surface area contributed by atoms with Gasteiger partial charge in [-0.25, -0.2) is 13.1 Å². The molecule has 2 atom stereocenters. The van der Waals surface area contributed by atoms with Gasteiger partial charge in [-0.05, 0) is 18.9 Å². The predicted molar refractivity (Wildman–Crippen MR) is 72.9 cm³/mol. The number of nitrogens with one attached hydrogen (secondary N) is 1. The fraction of sp³-hybridized carbons (Fsp3) is 0.600. The van der Waals surface area contributed by atoms with Gasteiger partial charge in [0.2, 0.25) is 10.0 Å². The summed E-state index contributed by atoms with van der Waals surface area (Å²) in [7, 11) is -3.72. The lowest BCUT2D eigenvalue weighted by atomic mass is 9.93. The highest BCUT2D eigenvalue weighted by atomic mass is 35.5. The van der Waals surface area contributed by atoms with E-state index in [0.29, 0.717) is 17.2 Å². The van der Waals surface area contributed by atoms with Gasteiger partial charge in [-0.15, -0.1) is 11.3 Å². The number of aliphatic hydroxyl groups excluding tert-OH is 1. The molecule has 8 heteroatoms. The molecule has 1 aromatic rings. The molecule has 0 unspecified atom stereocenters. The van der Waals surface area contributed by atoms with Crippen LogP contribution in [0.15, 0.2) is 11.0 Å². The van der Waals surface area contributed by atoms with Crippen LogP contribution >= 0.6 is 34.5 Å². The highest BCUT2D eigenvalue weighted by Gasteiger charge is 2.30. The summed E-state index contributed by atoms with van der Waals surface area (Å²) in [4.78, 5) is -0.0167. The molecule has 0 amide bonds. The number of rotatable bonds is 3. The third-order valence-corrected chi connectivity index (χ3v) is 6.19. The Hall–Kier alpha value is 0.150. The lowest BCUT2D eigenvalue weighted by Gasteiger charge is -2.27. The highest BCUT2D eigenvalue weighted by molar-refractivity contribution is 7.89. The van der Waals surface area contributed by atoms with E-state index in [0.717, 1.165) is 24.2 Å². The first kappa shape index (κ1) is 14.6. The zero-order valence-electron chi connectivity index (χ0n) is 9.40. The summed E-state index contributed by atoms with van der Waals surface area (Å²) in [5.41, 5.74) is 0. The average Bonchev–Trinajstić information content (AvgIpc) is 2.62. The van der Waals surface area contributed by atoms with E-state index in [9.17, 15) is 13.5 Å². The maximum absolute atomic E-state index is 12.1. The Morgan fingerprint density at radius 2 is 2.00 bits per heavy atom. The van der Waals surface area contributed by atoms with Crippen LogP contribution in [0.2, 0.25) is 8.67 Å². The Labute approximate surface area is 120 Å². The van der Waals surface area contributed by atoms with Crippen LogP contribution < -0.4 is 4.72 Å². The summed E-state index contributed by atoms with van der Waals surface area (Å²) in [6.07, 6.45) is 2.44. The molecule has 0 bridgehead atoms. The fourth-order valence-corrected chi connectivity index (χ4v) is 5.47. The molecule has 0 aliphatic heterocycles. The Morgan fingerprint density at radius 3 is 2.56 bits per heavy atom. The van der Waals surface area contributed by atoms with Crippen molar-refractivity contribution in [3.63, 3.8) is 0 Å². The summed E-state index contributed by atoms with van der Waals surface area (Å²) >= 11 is 12.6. The summed E-state index contributed by atoms with van der Waals surface area (Å²) < 4.78 is 27.2. The molecule has 0 radical (unpaired) electrons. The average molecular weight is 330 g/mol.